The zero-order valence-electron chi connectivity index (χ0n) is 19.2. The number of likely N-dealkylation sites (N-methyl/N-ethyl adjacent to an activating group) is 2. The van der Waals surface area contributed by atoms with Crippen molar-refractivity contribution in [3.8, 4) is 5.88 Å². The number of aliphatic imine (C=N–C) groups is 1. The smallest absolute Gasteiger partial charge is 0.214 e. The van der Waals surface area contributed by atoms with E-state index in [-0.39, 0.29) is 11.7 Å². The SMILES string of the molecule is CN(C)CCN(CCN(C)C)Cn1c(O)c(C2=Nc3ccccc3C2=O)c2ccccc21. The predicted octanol–water partition coefficient (Wildman–Crippen LogP) is 3.05. The molecule has 0 fully saturated rings. The molecule has 2 aromatic carbocycles. The summed E-state index contributed by atoms with van der Waals surface area (Å²) >= 11 is 0. The summed E-state index contributed by atoms with van der Waals surface area (Å²) < 4.78 is 1.90. The first-order chi connectivity index (χ1) is 15.4. The van der Waals surface area contributed by atoms with Crippen molar-refractivity contribution < 1.29 is 9.90 Å². The fourth-order valence-corrected chi connectivity index (χ4v) is 4.03. The Kier molecular flexibility index (Phi) is 6.41. The molecule has 7 nitrogen and oxygen atoms in total. The van der Waals surface area contributed by atoms with E-state index in [1.165, 1.54) is 0 Å². The fraction of sp³-hybridized carbons (Fsp3) is 0.360. The topological polar surface area (TPSA) is 64.3 Å². The van der Waals surface area contributed by atoms with E-state index in [4.69, 9.17) is 0 Å². The number of carbonyl (C=O) groups excluding carboxylic acids is 1. The fourth-order valence-electron chi connectivity index (χ4n) is 4.03. The summed E-state index contributed by atoms with van der Waals surface area (Å²) in [6, 6.07) is 15.2. The van der Waals surface area contributed by atoms with Gasteiger partial charge in [-0.3, -0.25) is 14.3 Å². The molecule has 1 aliphatic rings. The summed E-state index contributed by atoms with van der Waals surface area (Å²) in [7, 11) is 8.25. The Hall–Kier alpha value is -3.00. The minimum Gasteiger partial charge on any atom is -0.494 e. The van der Waals surface area contributed by atoms with Crippen LogP contribution in [0, 0.1) is 0 Å². The zero-order valence-corrected chi connectivity index (χ0v) is 19.2. The number of aromatic hydroxyl groups is 1. The van der Waals surface area contributed by atoms with Gasteiger partial charge in [0, 0.05) is 37.1 Å². The number of para-hydroxylation sites is 2. The van der Waals surface area contributed by atoms with Gasteiger partial charge in [-0.1, -0.05) is 30.3 Å². The lowest BCUT2D eigenvalue weighted by molar-refractivity contribution is 0.107. The molecule has 4 rings (SSSR count). The standard InChI is InChI=1S/C25H31N5O2/c1-27(2)13-15-29(16-14-28(3)4)17-30-21-12-8-6-10-19(21)22(25(30)32)23-24(31)18-9-5-7-11-20(18)26-23/h5-12,32H,13-17H2,1-4H3. The van der Waals surface area contributed by atoms with Crippen LogP contribution >= 0.6 is 0 Å². The van der Waals surface area contributed by atoms with Gasteiger partial charge >= 0.3 is 0 Å². The van der Waals surface area contributed by atoms with Crippen LogP contribution in [-0.4, -0.2) is 90.2 Å². The number of nitrogens with zero attached hydrogens (tertiary/aromatic N) is 5. The molecule has 0 saturated carbocycles. The van der Waals surface area contributed by atoms with E-state index in [1.54, 1.807) is 6.07 Å². The van der Waals surface area contributed by atoms with Crippen molar-refractivity contribution >= 4 is 28.1 Å². The van der Waals surface area contributed by atoms with E-state index in [1.807, 2.05) is 47.0 Å². The Balaban J connectivity index is 1.74. The molecule has 0 radical (unpaired) electrons. The molecule has 1 aromatic heterocycles. The summed E-state index contributed by atoms with van der Waals surface area (Å²) in [6.45, 7) is 4.10. The largest absolute Gasteiger partial charge is 0.494 e. The maximum absolute atomic E-state index is 13.1. The van der Waals surface area contributed by atoms with E-state index in [2.05, 4.69) is 47.9 Å². The van der Waals surface area contributed by atoms with Crippen LogP contribution in [0.4, 0.5) is 5.69 Å². The number of carbonyl (C=O) groups is 1. The van der Waals surface area contributed by atoms with Crippen molar-refractivity contribution in [3.63, 3.8) is 0 Å². The van der Waals surface area contributed by atoms with Crippen LogP contribution in [0.3, 0.4) is 0 Å². The Bertz CT molecular complexity index is 1150. The molecule has 0 saturated heterocycles. The van der Waals surface area contributed by atoms with Gasteiger partial charge in [0.25, 0.3) is 0 Å². The first-order valence-corrected chi connectivity index (χ1v) is 10.9. The third-order valence-electron chi connectivity index (χ3n) is 5.84. The molecule has 0 amide bonds. The van der Waals surface area contributed by atoms with E-state index in [0.29, 0.717) is 29.2 Å². The summed E-state index contributed by atoms with van der Waals surface area (Å²) in [6.07, 6.45) is 0. The van der Waals surface area contributed by atoms with Crippen LogP contribution in [0.15, 0.2) is 53.5 Å². The second kappa shape index (κ2) is 9.24. The predicted molar refractivity (Wildman–Crippen MR) is 129 cm³/mol. The average Bonchev–Trinajstić information content (AvgIpc) is 3.23. The molecule has 168 valence electrons. The van der Waals surface area contributed by atoms with Crippen LogP contribution < -0.4 is 0 Å². The number of hydrogen-bond acceptors (Lipinski definition) is 6. The molecule has 1 N–H and O–H groups in total. The number of benzene rings is 2. The van der Waals surface area contributed by atoms with E-state index in [0.717, 1.165) is 37.1 Å². The van der Waals surface area contributed by atoms with Gasteiger partial charge in [-0.15, -0.1) is 0 Å². The lowest BCUT2D eigenvalue weighted by Crippen LogP contribution is -2.37. The highest BCUT2D eigenvalue weighted by molar-refractivity contribution is 6.56. The first-order valence-electron chi connectivity index (χ1n) is 10.9. The van der Waals surface area contributed by atoms with Crippen LogP contribution in [0.25, 0.3) is 10.9 Å². The number of rotatable bonds is 9. The third kappa shape index (κ3) is 4.32. The van der Waals surface area contributed by atoms with Crippen molar-refractivity contribution in [3.05, 3.63) is 59.7 Å². The molecular formula is C25H31N5O2. The van der Waals surface area contributed by atoms with E-state index in [9.17, 15) is 9.90 Å². The third-order valence-corrected chi connectivity index (χ3v) is 5.84. The van der Waals surface area contributed by atoms with Crippen molar-refractivity contribution in [2.45, 2.75) is 6.67 Å². The monoisotopic (exact) mass is 433 g/mol. The van der Waals surface area contributed by atoms with E-state index < -0.39 is 0 Å². The second-order valence-electron chi connectivity index (χ2n) is 8.82. The van der Waals surface area contributed by atoms with Gasteiger partial charge in [0.05, 0.1) is 23.4 Å². The minimum absolute atomic E-state index is 0.0887. The van der Waals surface area contributed by atoms with Crippen molar-refractivity contribution in [1.82, 2.24) is 19.3 Å². The summed E-state index contributed by atoms with van der Waals surface area (Å²) in [4.78, 5) is 24.3. The van der Waals surface area contributed by atoms with E-state index >= 15 is 0 Å². The molecule has 32 heavy (non-hydrogen) atoms. The van der Waals surface area contributed by atoms with Gasteiger partial charge < -0.3 is 14.9 Å². The highest BCUT2D eigenvalue weighted by Gasteiger charge is 2.31. The van der Waals surface area contributed by atoms with Gasteiger partial charge in [0.15, 0.2) is 0 Å². The normalized spacial score (nSPS) is 13.6. The van der Waals surface area contributed by atoms with Gasteiger partial charge in [-0.25, -0.2) is 4.99 Å². The van der Waals surface area contributed by atoms with Crippen LogP contribution in [0.2, 0.25) is 0 Å². The number of ketones is 1. The second-order valence-corrected chi connectivity index (χ2v) is 8.82. The van der Waals surface area contributed by atoms with Crippen molar-refractivity contribution in [2.75, 3.05) is 54.4 Å². The highest BCUT2D eigenvalue weighted by atomic mass is 16.3. The Labute approximate surface area is 189 Å². The minimum atomic E-state index is -0.143. The average molecular weight is 434 g/mol. The number of hydrogen-bond donors (Lipinski definition) is 1. The maximum Gasteiger partial charge on any atom is 0.214 e. The van der Waals surface area contributed by atoms with Gasteiger partial charge in [-0.2, -0.15) is 0 Å². The lowest BCUT2D eigenvalue weighted by Gasteiger charge is -2.26. The van der Waals surface area contributed by atoms with Gasteiger partial charge in [0.1, 0.15) is 5.71 Å². The Morgan fingerprint density at radius 2 is 1.50 bits per heavy atom. The molecule has 0 atom stereocenters. The van der Waals surface area contributed by atoms with Crippen LogP contribution in [-0.2, 0) is 6.67 Å². The molecule has 0 spiro atoms. The molecule has 7 heteroatoms. The number of fused-ring (bicyclic) bond motifs is 2. The molecule has 0 aliphatic carbocycles. The quantitative estimate of drug-likeness (QED) is 0.562. The molecule has 1 aliphatic heterocycles. The molecule has 0 bridgehead atoms. The lowest BCUT2D eigenvalue weighted by atomic mass is 10.0. The Morgan fingerprint density at radius 3 is 2.16 bits per heavy atom. The number of aromatic nitrogens is 1. The summed E-state index contributed by atoms with van der Waals surface area (Å²) in [5.74, 6) is -0.0540. The van der Waals surface area contributed by atoms with Crippen molar-refractivity contribution in [2.24, 2.45) is 4.99 Å². The molecule has 3 aromatic rings. The van der Waals surface area contributed by atoms with Crippen LogP contribution in [0.1, 0.15) is 15.9 Å². The summed E-state index contributed by atoms with van der Waals surface area (Å²) in [5, 5.41) is 12.2. The Morgan fingerprint density at radius 1 is 0.875 bits per heavy atom. The van der Waals surface area contributed by atoms with Gasteiger partial charge in [0.2, 0.25) is 11.7 Å². The van der Waals surface area contributed by atoms with Crippen molar-refractivity contribution in [1.29, 1.82) is 0 Å². The zero-order chi connectivity index (χ0) is 22.8. The van der Waals surface area contributed by atoms with Crippen LogP contribution in [0.5, 0.6) is 5.88 Å². The number of Topliss-reactive ketones (excluding diaryl/α,β-unsaturated/α-hetero) is 1. The summed E-state index contributed by atoms with van der Waals surface area (Å²) in [5.41, 5.74) is 2.96. The maximum atomic E-state index is 13.1. The molecule has 0 unspecified atom stereocenters. The molecule has 2 heterocycles. The molecular weight excluding hydrogens is 402 g/mol. The first kappa shape index (κ1) is 22.2. The highest BCUT2D eigenvalue weighted by Crippen LogP contribution is 2.37. The van der Waals surface area contributed by atoms with Gasteiger partial charge in [-0.05, 0) is 46.4 Å².